The third-order valence-corrected chi connectivity index (χ3v) is 3.39. The van der Waals surface area contributed by atoms with E-state index in [2.05, 4.69) is 19.2 Å². The summed E-state index contributed by atoms with van der Waals surface area (Å²) in [5.74, 6) is 0.864. The second-order valence-electron chi connectivity index (χ2n) is 4.99. The summed E-state index contributed by atoms with van der Waals surface area (Å²) in [5.41, 5.74) is 0. The number of rotatable bonds is 5. The Kier molecular flexibility index (Phi) is 6.25. The van der Waals surface area contributed by atoms with Gasteiger partial charge in [0.25, 0.3) is 0 Å². The van der Waals surface area contributed by atoms with Gasteiger partial charge in [0, 0.05) is 6.04 Å². The largest absolute Gasteiger partial charge is 0.314 e. The molecule has 1 unspecified atom stereocenters. The Morgan fingerprint density at radius 3 is 2.36 bits per heavy atom. The Morgan fingerprint density at radius 2 is 1.79 bits per heavy atom. The zero-order valence-electron chi connectivity index (χ0n) is 10.0. The van der Waals surface area contributed by atoms with Gasteiger partial charge in [-0.3, -0.25) is 0 Å². The molecular formula is C13H27N. The number of nitrogens with one attached hydrogen (secondary N) is 1. The first kappa shape index (κ1) is 12.0. The van der Waals surface area contributed by atoms with Crippen molar-refractivity contribution >= 4 is 0 Å². The van der Waals surface area contributed by atoms with Crippen molar-refractivity contribution in [3.63, 3.8) is 0 Å². The van der Waals surface area contributed by atoms with E-state index in [1.807, 2.05) is 0 Å². The molecule has 0 bridgehead atoms. The molecule has 1 saturated carbocycles. The van der Waals surface area contributed by atoms with E-state index in [4.69, 9.17) is 0 Å². The summed E-state index contributed by atoms with van der Waals surface area (Å²) in [4.78, 5) is 0. The predicted octanol–water partition coefficient (Wildman–Crippen LogP) is 3.74. The van der Waals surface area contributed by atoms with E-state index >= 15 is 0 Å². The molecule has 1 aliphatic carbocycles. The van der Waals surface area contributed by atoms with Gasteiger partial charge in [-0.1, -0.05) is 46.0 Å². The van der Waals surface area contributed by atoms with Crippen molar-refractivity contribution in [3.05, 3.63) is 0 Å². The smallest absolute Gasteiger partial charge is 0.00671 e. The van der Waals surface area contributed by atoms with Crippen molar-refractivity contribution < 1.29 is 0 Å². The van der Waals surface area contributed by atoms with E-state index in [-0.39, 0.29) is 0 Å². The average molecular weight is 197 g/mol. The van der Waals surface area contributed by atoms with Crippen LogP contribution in [0.2, 0.25) is 0 Å². The molecular weight excluding hydrogens is 170 g/mol. The van der Waals surface area contributed by atoms with Crippen molar-refractivity contribution in [1.82, 2.24) is 5.32 Å². The fourth-order valence-electron chi connectivity index (χ4n) is 2.45. The Hall–Kier alpha value is -0.0400. The van der Waals surface area contributed by atoms with Gasteiger partial charge in [0.05, 0.1) is 0 Å². The highest BCUT2D eigenvalue weighted by Crippen LogP contribution is 2.17. The van der Waals surface area contributed by atoms with Crippen molar-refractivity contribution in [2.45, 2.75) is 71.3 Å². The SMILES string of the molecule is CCCC(C)CNC1CCCCCC1. The van der Waals surface area contributed by atoms with Crippen LogP contribution in [0.3, 0.4) is 0 Å². The van der Waals surface area contributed by atoms with Crippen LogP contribution in [0.5, 0.6) is 0 Å². The zero-order chi connectivity index (χ0) is 10.2. The highest BCUT2D eigenvalue weighted by Gasteiger charge is 2.12. The second kappa shape index (κ2) is 7.28. The van der Waals surface area contributed by atoms with Gasteiger partial charge in [-0.05, 0) is 31.7 Å². The van der Waals surface area contributed by atoms with Gasteiger partial charge < -0.3 is 5.32 Å². The normalized spacial score (nSPS) is 21.9. The zero-order valence-corrected chi connectivity index (χ0v) is 10.0. The lowest BCUT2D eigenvalue weighted by Crippen LogP contribution is -2.32. The Labute approximate surface area is 89.7 Å². The minimum absolute atomic E-state index is 0.830. The molecule has 0 heterocycles. The fraction of sp³-hybridized carbons (Fsp3) is 1.00. The van der Waals surface area contributed by atoms with Gasteiger partial charge in [-0.25, -0.2) is 0 Å². The fourth-order valence-corrected chi connectivity index (χ4v) is 2.45. The predicted molar refractivity (Wildman–Crippen MR) is 63.6 cm³/mol. The molecule has 84 valence electrons. The van der Waals surface area contributed by atoms with E-state index in [9.17, 15) is 0 Å². The van der Waals surface area contributed by atoms with Gasteiger partial charge in [0.15, 0.2) is 0 Å². The quantitative estimate of drug-likeness (QED) is 0.662. The van der Waals surface area contributed by atoms with E-state index in [0.717, 1.165) is 12.0 Å². The minimum atomic E-state index is 0.830. The lowest BCUT2D eigenvalue weighted by molar-refractivity contribution is 0.399. The van der Waals surface area contributed by atoms with Crippen LogP contribution in [0.1, 0.15) is 65.2 Å². The van der Waals surface area contributed by atoms with Crippen molar-refractivity contribution in [1.29, 1.82) is 0 Å². The first-order valence-electron chi connectivity index (χ1n) is 6.56. The molecule has 1 atom stereocenters. The Morgan fingerprint density at radius 1 is 1.14 bits per heavy atom. The topological polar surface area (TPSA) is 12.0 Å². The monoisotopic (exact) mass is 197 g/mol. The molecule has 0 aromatic heterocycles. The second-order valence-corrected chi connectivity index (χ2v) is 4.99. The summed E-state index contributed by atoms with van der Waals surface area (Å²) in [6.45, 7) is 5.88. The maximum atomic E-state index is 3.75. The lowest BCUT2D eigenvalue weighted by atomic mass is 10.0. The highest BCUT2D eigenvalue weighted by atomic mass is 14.9. The van der Waals surface area contributed by atoms with E-state index in [1.165, 1.54) is 57.9 Å². The van der Waals surface area contributed by atoms with Gasteiger partial charge in [0.2, 0.25) is 0 Å². The van der Waals surface area contributed by atoms with Crippen LogP contribution in [-0.4, -0.2) is 12.6 Å². The summed E-state index contributed by atoms with van der Waals surface area (Å²) in [6, 6.07) is 0.830. The number of hydrogen-bond donors (Lipinski definition) is 1. The molecule has 1 nitrogen and oxygen atoms in total. The summed E-state index contributed by atoms with van der Waals surface area (Å²) in [7, 11) is 0. The first-order chi connectivity index (χ1) is 6.83. The number of hydrogen-bond acceptors (Lipinski definition) is 1. The summed E-state index contributed by atoms with van der Waals surface area (Å²) in [5, 5.41) is 3.75. The van der Waals surface area contributed by atoms with Crippen LogP contribution in [0.15, 0.2) is 0 Å². The van der Waals surface area contributed by atoms with Crippen molar-refractivity contribution in [3.8, 4) is 0 Å². The third-order valence-electron chi connectivity index (χ3n) is 3.39. The molecule has 0 aromatic rings. The maximum Gasteiger partial charge on any atom is 0.00671 e. The van der Waals surface area contributed by atoms with Gasteiger partial charge in [-0.2, -0.15) is 0 Å². The van der Waals surface area contributed by atoms with Gasteiger partial charge >= 0.3 is 0 Å². The molecule has 0 radical (unpaired) electrons. The van der Waals surface area contributed by atoms with Gasteiger partial charge in [0.1, 0.15) is 0 Å². The third kappa shape index (κ3) is 4.99. The minimum Gasteiger partial charge on any atom is -0.314 e. The molecule has 0 saturated heterocycles. The standard InChI is InChI=1S/C13H27N/c1-3-8-12(2)11-14-13-9-6-4-5-7-10-13/h12-14H,3-11H2,1-2H3. The maximum absolute atomic E-state index is 3.75. The Bertz CT molecular complexity index is 125. The van der Waals surface area contributed by atoms with Crippen LogP contribution in [-0.2, 0) is 0 Å². The van der Waals surface area contributed by atoms with E-state index in [1.54, 1.807) is 0 Å². The Balaban J connectivity index is 2.09. The molecule has 1 heteroatoms. The summed E-state index contributed by atoms with van der Waals surface area (Å²) in [6.07, 6.45) is 11.3. The van der Waals surface area contributed by atoms with Crippen LogP contribution >= 0.6 is 0 Å². The van der Waals surface area contributed by atoms with E-state index < -0.39 is 0 Å². The first-order valence-corrected chi connectivity index (χ1v) is 6.56. The molecule has 0 aromatic carbocycles. The molecule has 0 spiro atoms. The molecule has 0 amide bonds. The highest BCUT2D eigenvalue weighted by molar-refractivity contribution is 4.71. The molecule has 0 aliphatic heterocycles. The summed E-state index contributed by atoms with van der Waals surface area (Å²) >= 11 is 0. The molecule has 1 aliphatic rings. The molecule has 1 rings (SSSR count). The van der Waals surface area contributed by atoms with Crippen molar-refractivity contribution in [2.24, 2.45) is 5.92 Å². The van der Waals surface area contributed by atoms with Crippen LogP contribution in [0.25, 0.3) is 0 Å². The molecule has 1 N–H and O–H groups in total. The van der Waals surface area contributed by atoms with Crippen LogP contribution < -0.4 is 5.32 Å². The molecule has 1 fully saturated rings. The summed E-state index contributed by atoms with van der Waals surface area (Å²) < 4.78 is 0. The average Bonchev–Trinajstić information content (AvgIpc) is 2.43. The molecule has 14 heavy (non-hydrogen) atoms. The van der Waals surface area contributed by atoms with Crippen molar-refractivity contribution in [2.75, 3.05) is 6.54 Å². The lowest BCUT2D eigenvalue weighted by Gasteiger charge is -2.19. The van der Waals surface area contributed by atoms with Gasteiger partial charge in [-0.15, -0.1) is 0 Å². The van der Waals surface area contributed by atoms with Crippen LogP contribution in [0.4, 0.5) is 0 Å². The van der Waals surface area contributed by atoms with E-state index in [0.29, 0.717) is 0 Å². The van der Waals surface area contributed by atoms with Crippen LogP contribution in [0, 0.1) is 5.92 Å².